The van der Waals surface area contributed by atoms with E-state index in [4.69, 9.17) is 4.74 Å². The molecule has 0 saturated carbocycles. The third-order valence-electron chi connectivity index (χ3n) is 5.72. The van der Waals surface area contributed by atoms with Crippen LogP contribution in [0.25, 0.3) is 22.5 Å². The first-order chi connectivity index (χ1) is 18.0. The van der Waals surface area contributed by atoms with Gasteiger partial charge in [0.25, 0.3) is 11.5 Å². The molecule has 0 bridgehead atoms. The van der Waals surface area contributed by atoms with E-state index in [0.717, 1.165) is 0 Å². The lowest BCUT2D eigenvalue weighted by Gasteiger charge is -2.09. The highest BCUT2D eigenvalue weighted by molar-refractivity contribution is 5.97. The lowest BCUT2D eigenvalue weighted by atomic mass is 10.1. The fraction of sp³-hybridized carbons (Fsp3) is 0.160. The molecule has 1 amide bonds. The number of fused-ring (bicyclic) bond motifs is 1. The molecule has 0 atom stereocenters. The summed E-state index contributed by atoms with van der Waals surface area (Å²) in [5, 5.41) is 15.4. The van der Waals surface area contributed by atoms with Gasteiger partial charge in [0.15, 0.2) is 0 Å². The normalized spacial score (nSPS) is 11.0. The summed E-state index contributed by atoms with van der Waals surface area (Å²) >= 11 is 0. The number of aryl methyl sites for hydroxylation is 1. The van der Waals surface area contributed by atoms with Crippen molar-refractivity contribution in [3.63, 3.8) is 0 Å². The summed E-state index contributed by atoms with van der Waals surface area (Å²) in [6.07, 6.45) is 9.50. The van der Waals surface area contributed by atoms with E-state index in [1.807, 2.05) is 0 Å². The predicted octanol–water partition coefficient (Wildman–Crippen LogP) is 1.78. The second-order valence-electron chi connectivity index (χ2n) is 8.10. The van der Waals surface area contributed by atoms with E-state index >= 15 is 0 Å². The summed E-state index contributed by atoms with van der Waals surface area (Å²) < 4.78 is 9.44. The van der Waals surface area contributed by atoms with Gasteiger partial charge in [-0.25, -0.2) is 14.0 Å². The Morgan fingerprint density at radius 3 is 2.84 bits per heavy atom. The molecule has 0 aliphatic rings. The van der Waals surface area contributed by atoms with Crippen LogP contribution in [0.1, 0.15) is 33.2 Å². The van der Waals surface area contributed by atoms with Crippen molar-refractivity contribution in [2.24, 2.45) is 7.05 Å². The number of hydrogen-bond donors (Lipinski definition) is 1. The molecule has 0 unspecified atom stereocenters. The maximum atomic E-state index is 13.1. The van der Waals surface area contributed by atoms with Crippen LogP contribution in [0, 0.1) is 0 Å². The van der Waals surface area contributed by atoms with E-state index in [1.165, 1.54) is 26.2 Å². The summed E-state index contributed by atoms with van der Waals surface area (Å²) in [5.74, 6) is -0.808. The number of amides is 1. The number of hydrogen-bond acceptors (Lipinski definition) is 8. The molecule has 12 heteroatoms. The van der Waals surface area contributed by atoms with Gasteiger partial charge in [-0.3, -0.25) is 14.6 Å². The standard InChI is InChI=1S/C25H22N8O4/c1-3-37-25(36)17-6-4-5-16(11-17)20-15-33(30-29-20)21-14-26-8-7-19(21)23(34)27-12-18-13-28-32-10-9-31(2)24(35)22(18)32/h4-11,13-15H,3,12H2,1-2H3,(H,27,34). The zero-order chi connectivity index (χ0) is 25.9. The molecule has 4 heterocycles. The SMILES string of the molecule is CCOC(=O)c1cccc(-c2cn(-c3cnccc3C(=O)NCc3cnn4ccn(C)c(=O)c34)nn2)c1. The Bertz CT molecular complexity index is 1680. The number of carbonyl (C=O) groups excluding carboxylic acids is 2. The first-order valence-electron chi connectivity index (χ1n) is 11.4. The number of nitrogens with zero attached hydrogens (tertiary/aromatic N) is 7. The third-order valence-corrected chi connectivity index (χ3v) is 5.72. The van der Waals surface area contributed by atoms with Gasteiger partial charge in [0.05, 0.1) is 42.0 Å². The zero-order valence-corrected chi connectivity index (χ0v) is 20.0. The average Bonchev–Trinajstić information content (AvgIpc) is 3.58. The summed E-state index contributed by atoms with van der Waals surface area (Å²) in [4.78, 5) is 41.8. The van der Waals surface area contributed by atoms with Crippen LogP contribution in [0.15, 0.2) is 72.3 Å². The first kappa shape index (κ1) is 23.6. The topological polar surface area (TPSA) is 138 Å². The van der Waals surface area contributed by atoms with Gasteiger partial charge in [0.2, 0.25) is 0 Å². The van der Waals surface area contributed by atoms with Gasteiger partial charge in [0, 0.05) is 43.3 Å². The molecule has 37 heavy (non-hydrogen) atoms. The molecule has 186 valence electrons. The number of carbonyl (C=O) groups is 2. The number of nitrogens with one attached hydrogen (secondary N) is 1. The Labute approximate surface area is 210 Å². The van der Waals surface area contributed by atoms with Crippen molar-refractivity contribution in [2.75, 3.05) is 6.61 Å². The van der Waals surface area contributed by atoms with Crippen molar-refractivity contribution in [3.8, 4) is 16.9 Å². The summed E-state index contributed by atoms with van der Waals surface area (Å²) in [6.45, 7) is 2.12. The van der Waals surface area contributed by atoms with Gasteiger partial charge in [-0.15, -0.1) is 5.10 Å². The summed E-state index contributed by atoms with van der Waals surface area (Å²) in [6, 6.07) is 8.44. The fourth-order valence-corrected chi connectivity index (χ4v) is 3.84. The lowest BCUT2D eigenvalue weighted by molar-refractivity contribution is 0.0526. The van der Waals surface area contributed by atoms with Crippen LogP contribution in [0.5, 0.6) is 0 Å². The molecular formula is C25H22N8O4. The van der Waals surface area contributed by atoms with E-state index in [2.05, 4.69) is 25.7 Å². The first-order valence-corrected chi connectivity index (χ1v) is 11.4. The van der Waals surface area contributed by atoms with Gasteiger partial charge in [0.1, 0.15) is 11.2 Å². The zero-order valence-electron chi connectivity index (χ0n) is 20.0. The molecule has 0 fully saturated rings. The fourth-order valence-electron chi connectivity index (χ4n) is 3.84. The Hall–Kier alpha value is -5.13. The van der Waals surface area contributed by atoms with Gasteiger partial charge in [-0.05, 0) is 25.1 Å². The number of ether oxygens (including phenoxy) is 1. The molecule has 0 aliphatic heterocycles. The second-order valence-corrected chi connectivity index (χ2v) is 8.10. The molecule has 0 radical (unpaired) electrons. The molecule has 4 aromatic heterocycles. The molecular weight excluding hydrogens is 476 g/mol. The van der Waals surface area contributed by atoms with Crippen molar-refractivity contribution in [3.05, 3.63) is 94.6 Å². The van der Waals surface area contributed by atoms with Crippen LogP contribution in [-0.4, -0.2) is 52.6 Å². The Morgan fingerprint density at radius 2 is 2.00 bits per heavy atom. The minimum Gasteiger partial charge on any atom is -0.462 e. The average molecular weight is 499 g/mol. The van der Waals surface area contributed by atoms with Gasteiger partial charge < -0.3 is 14.6 Å². The van der Waals surface area contributed by atoms with Gasteiger partial charge in [-0.2, -0.15) is 5.10 Å². The van der Waals surface area contributed by atoms with Crippen LogP contribution in [0.3, 0.4) is 0 Å². The van der Waals surface area contributed by atoms with E-state index in [1.54, 1.807) is 69.1 Å². The number of benzene rings is 1. The van der Waals surface area contributed by atoms with Crippen molar-refractivity contribution >= 4 is 17.4 Å². The quantitative estimate of drug-likeness (QED) is 0.335. The van der Waals surface area contributed by atoms with Crippen LogP contribution in [0.2, 0.25) is 0 Å². The van der Waals surface area contributed by atoms with E-state index in [0.29, 0.717) is 39.2 Å². The third kappa shape index (κ3) is 4.59. The predicted molar refractivity (Wildman–Crippen MR) is 132 cm³/mol. The van der Waals surface area contributed by atoms with Crippen molar-refractivity contribution in [1.82, 2.24) is 39.5 Å². The summed E-state index contributed by atoms with van der Waals surface area (Å²) in [5.41, 5.74) is 3.08. The second kappa shape index (κ2) is 9.85. The summed E-state index contributed by atoms with van der Waals surface area (Å²) in [7, 11) is 1.65. The number of rotatable bonds is 7. The van der Waals surface area contributed by atoms with Crippen molar-refractivity contribution in [1.29, 1.82) is 0 Å². The van der Waals surface area contributed by atoms with Crippen molar-refractivity contribution < 1.29 is 14.3 Å². The number of aromatic nitrogens is 7. The number of pyridine rings is 1. The molecule has 1 N–H and O–H groups in total. The highest BCUT2D eigenvalue weighted by atomic mass is 16.5. The lowest BCUT2D eigenvalue weighted by Crippen LogP contribution is -2.26. The minimum atomic E-state index is -0.424. The smallest absolute Gasteiger partial charge is 0.338 e. The van der Waals surface area contributed by atoms with E-state index < -0.39 is 5.97 Å². The molecule has 0 saturated heterocycles. The van der Waals surface area contributed by atoms with Crippen LogP contribution in [-0.2, 0) is 18.3 Å². The molecule has 0 spiro atoms. The number of esters is 1. The van der Waals surface area contributed by atoms with Crippen LogP contribution < -0.4 is 10.9 Å². The molecule has 1 aromatic carbocycles. The Kier molecular flexibility index (Phi) is 6.29. The van der Waals surface area contributed by atoms with E-state index in [9.17, 15) is 14.4 Å². The largest absolute Gasteiger partial charge is 0.462 e. The van der Waals surface area contributed by atoms with Gasteiger partial charge >= 0.3 is 5.97 Å². The maximum absolute atomic E-state index is 13.1. The Balaban J connectivity index is 1.39. The highest BCUT2D eigenvalue weighted by Crippen LogP contribution is 2.21. The van der Waals surface area contributed by atoms with Crippen LogP contribution in [0.4, 0.5) is 0 Å². The molecule has 5 rings (SSSR count). The Morgan fingerprint density at radius 1 is 1.14 bits per heavy atom. The van der Waals surface area contributed by atoms with Crippen LogP contribution >= 0.6 is 0 Å². The maximum Gasteiger partial charge on any atom is 0.338 e. The monoisotopic (exact) mass is 498 g/mol. The molecule has 0 aliphatic carbocycles. The van der Waals surface area contributed by atoms with E-state index in [-0.39, 0.29) is 24.6 Å². The molecule has 5 aromatic rings. The van der Waals surface area contributed by atoms with Crippen molar-refractivity contribution in [2.45, 2.75) is 13.5 Å². The molecule has 12 nitrogen and oxygen atoms in total. The highest BCUT2D eigenvalue weighted by Gasteiger charge is 2.17. The minimum absolute atomic E-state index is 0.104. The van der Waals surface area contributed by atoms with Gasteiger partial charge in [-0.1, -0.05) is 17.3 Å².